The lowest BCUT2D eigenvalue weighted by Gasteiger charge is -2.39. The van der Waals surface area contributed by atoms with Gasteiger partial charge in [0.05, 0.1) is 6.42 Å². The summed E-state index contributed by atoms with van der Waals surface area (Å²) in [5.74, 6) is -1.99. The summed E-state index contributed by atoms with van der Waals surface area (Å²) in [4.78, 5) is 35.6. The minimum absolute atomic E-state index is 0.390. The summed E-state index contributed by atoms with van der Waals surface area (Å²) in [7, 11) is 0. The number of hydrogen-bond donors (Lipinski definition) is 3. The summed E-state index contributed by atoms with van der Waals surface area (Å²) >= 11 is 0. The molecule has 0 bridgehead atoms. The lowest BCUT2D eigenvalue weighted by molar-refractivity contribution is -0.141. The molecule has 3 amide bonds. The fourth-order valence-corrected chi connectivity index (χ4v) is 3.45. The smallest absolute Gasteiger partial charge is 0.326 e. The van der Waals surface area contributed by atoms with Crippen LogP contribution in [0, 0.1) is 5.41 Å². The molecule has 2 aliphatic rings. The number of aliphatic carboxylic acids is 1. The Kier molecular flexibility index (Phi) is 4.69. The van der Waals surface area contributed by atoms with Gasteiger partial charge in [0, 0.05) is 13.1 Å². The third-order valence-electron chi connectivity index (χ3n) is 4.78. The van der Waals surface area contributed by atoms with E-state index in [0.29, 0.717) is 18.5 Å². The Morgan fingerprint density at radius 3 is 2.19 bits per heavy atom. The van der Waals surface area contributed by atoms with Gasteiger partial charge in [0.25, 0.3) is 0 Å². The van der Waals surface area contributed by atoms with Gasteiger partial charge in [-0.05, 0) is 31.1 Å². The van der Waals surface area contributed by atoms with Crippen LogP contribution in [0.5, 0.6) is 0 Å². The molecule has 1 aliphatic heterocycles. The van der Waals surface area contributed by atoms with Gasteiger partial charge in [0.2, 0.25) is 5.91 Å². The molecule has 1 aliphatic carbocycles. The molecule has 1 spiro atoms. The molecule has 0 radical (unpaired) electrons. The molecule has 0 unspecified atom stereocenters. The van der Waals surface area contributed by atoms with E-state index >= 15 is 0 Å². The van der Waals surface area contributed by atoms with E-state index in [4.69, 9.17) is 10.8 Å². The number of piperidine rings is 1. The van der Waals surface area contributed by atoms with Crippen LogP contribution in [0.1, 0.15) is 44.9 Å². The minimum Gasteiger partial charge on any atom is -0.480 e. The molecular formula is C14H23N3O4. The van der Waals surface area contributed by atoms with Crippen LogP contribution in [-0.4, -0.2) is 47.0 Å². The number of nitrogens with one attached hydrogen (secondary N) is 1. The zero-order valence-electron chi connectivity index (χ0n) is 12.1. The molecule has 21 heavy (non-hydrogen) atoms. The van der Waals surface area contributed by atoms with Gasteiger partial charge in [-0.2, -0.15) is 0 Å². The van der Waals surface area contributed by atoms with Gasteiger partial charge in [0.15, 0.2) is 0 Å². The lowest BCUT2D eigenvalue weighted by atomic mass is 9.77. The van der Waals surface area contributed by atoms with Crippen LogP contribution in [0.4, 0.5) is 4.79 Å². The molecule has 0 aromatic carbocycles. The van der Waals surface area contributed by atoms with Gasteiger partial charge < -0.3 is 21.1 Å². The first-order valence-electron chi connectivity index (χ1n) is 7.48. The molecule has 2 rings (SSSR count). The molecule has 7 heteroatoms. The SMILES string of the molecule is NC(=O)C[C@@H](NC(=O)N1CCC2(CCCC2)CC1)C(=O)O. The number of likely N-dealkylation sites (tertiary alicyclic amines) is 1. The second kappa shape index (κ2) is 6.32. The maximum Gasteiger partial charge on any atom is 0.326 e. The number of nitrogens with two attached hydrogens (primary N) is 1. The second-order valence-corrected chi connectivity index (χ2v) is 6.20. The topological polar surface area (TPSA) is 113 Å². The van der Waals surface area contributed by atoms with Crippen LogP contribution in [0.15, 0.2) is 0 Å². The summed E-state index contributed by atoms with van der Waals surface area (Å²) in [5.41, 5.74) is 5.40. The third kappa shape index (κ3) is 3.86. The summed E-state index contributed by atoms with van der Waals surface area (Å²) in [6.07, 6.45) is 6.59. The van der Waals surface area contributed by atoms with Crippen molar-refractivity contribution in [2.24, 2.45) is 11.1 Å². The average molecular weight is 297 g/mol. The van der Waals surface area contributed by atoms with Gasteiger partial charge in [0.1, 0.15) is 6.04 Å². The van der Waals surface area contributed by atoms with E-state index in [1.165, 1.54) is 25.7 Å². The molecule has 2 fully saturated rings. The van der Waals surface area contributed by atoms with E-state index in [0.717, 1.165) is 12.8 Å². The number of carboxylic acids is 1. The quantitative estimate of drug-likeness (QED) is 0.708. The fraction of sp³-hybridized carbons (Fsp3) is 0.786. The largest absolute Gasteiger partial charge is 0.480 e. The molecule has 0 aromatic rings. The number of primary amides is 1. The highest BCUT2D eigenvalue weighted by molar-refractivity contribution is 5.87. The highest BCUT2D eigenvalue weighted by atomic mass is 16.4. The standard InChI is InChI=1S/C14H23N3O4/c15-11(18)9-10(12(19)20)16-13(21)17-7-5-14(6-8-17)3-1-2-4-14/h10H,1-9H2,(H2,15,18)(H,16,21)(H,19,20)/t10-/m1/s1. The van der Waals surface area contributed by atoms with Crippen molar-refractivity contribution in [2.75, 3.05) is 13.1 Å². The first-order valence-corrected chi connectivity index (χ1v) is 7.48. The molecule has 1 atom stereocenters. The van der Waals surface area contributed by atoms with Crippen molar-refractivity contribution < 1.29 is 19.5 Å². The summed E-state index contributed by atoms with van der Waals surface area (Å²) in [6.45, 7) is 1.30. The number of carbonyl (C=O) groups excluding carboxylic acids is 2. The highest BCUT2D eigenvalue weighted by Crippen LogP contribution is 2.46. The number of hydrogen-bond acceptors (Lipinski definition) is 3. The van der Waals surface area contributed by atoms with Gasteiger partial charge in [-0.3, -0.25) is 4.79 Å². The molecular weight excluding hydrogens is 274 g/mol. The van der Waals surface area contributed by atoms with Gasteiger partial charge in [-0.15, -0.1) is 0 Å². The first kappa shape index (κ1) is 15.6. The Bertz CT molecular complexity index is 422. The van der Waals surface area contributed by atoms with Crippen molar-refractivity contribution in [3.05, 3.63) is 0 Å². The molecule has 0 aromatic heterocycles. The number of urea groups is 1. The highest BCUT2D eigenvalue weighted by Gasteiger charge is 2.38. The number of carboxylic acid groups (broad SMARTS) is 1. The van der Waals surface area contributed by atoms with Crippen molar-refractivity contribution in [3.63, 3.8) is 0 Å². The molecule has 1 heterocycles. The first-order chi connectivity index (χ1) is 9.92. The van der Waals surface area contributed by atoms with Crippen molar-refractivity contribution >= 4 is 17.9 Å². The Labute approximate surface area is 123 Å². The second-order valence-electron chi connectivity index (χ2n) is 6.20. The van der Waals surface area contributed by atoms with Gasteiger partial charge in [-0.1, -0.05) is 12.8 Å². The average Bonchev–Trinajstić information content (AvgIpc) is 2.86. The van der Waals surface area contributed by atoms with Crippen LogP contribution >= 0.6 is 0 Å². The Hall–Kier alpha value is -1.79. The Morgan fingerprint density at radius 2 is 1.71 bits per heavy atom. The van der Waals surface area contributed by atoms with E-state index in [9.17, 15) is 14.4 Å². The zero-order chi connectivity index (χ0) is 15.5. The normalized spacial score (nSPS) is 22.0. The fourth-order valence-electron chi connectivity index (χ4n) is 3.45. The van der Waals surface area contributed by atoms with Crippen molar-refractivity contribution in [1.29, 1.82) is 0 Å². The number of carbonyl (C=O) groups is 3. The summed E-state index contributed by atoms with van der Waals surface area (Å²) in [5, 5.41) is 11.4. The molecule has 4 N–H and O–H groups in total. The van der Waals surface area contributed by atoms with Crippen LogP contribution in [0.2, 0.25) is 0 Å². The predicted octanol–water partition coefficient (Wildman–Crippen LogP) is 0.681. The predicted molar refractivity (Wildman–Crippen MR) is 75.5 cm³/mol. The van der Waals surface area contributed by atoms with Crippen LogP contribution in [0.25, 0.3) is 0 Å². The van der Waals surface area contributed by atoms with Crippen molar-refractivity contribution in [2.45, 2.75) is 51.0 Å². The van der Waals surface area contributed by atoms with Crippen LogP contribution in [0.3, 0.4) is 0 Å². The lowest BCUT2D eigenvalue weighted by Crippen LogP contribution is -2.52. The van der Waals surface area contributed by atoms with E-state index in [1.54, 1.807) is 4.90 Å². The van der Waals surface area contributed by atoms with E-state index in [-0.39, 0.29) is 0 Å². The molecule has 118 valence electrons. The number of amides is 3. The van der Waals surface area contributed by atoms with Crippen LogP contribution < -0.4 is 11.1 Å². The van der Waals surface area contributed by atoms with Gasteiger partial charge in [-0.25, -0.2) is 9.59 Å². The van der Waals surface area contributed by atoms with Crippen molar-refractivity contribution in [1.82, 2.24) is 10.2 Å². The Balaban J connectivity index is 1.86. The third-order valence-corrected chi connectivity index (χ3v) is 4.78. The minimum atomic E-state index is -1.25. The molecule has 1 saturated carbocycles. The zero-order valence-corrected chi connectivity index (χ0v) is 12.1. The number of nitrogens with zero attached hydrogens (tertiary/aromatic N) is 1. The number of rotatable bonds is 4. The molecule has 1 saturated heterocycles. The van der Waals surface area contributed by atoms with Crippen LogP contribution in [-0.2, 0) is 9.59 Å². The van der Waals surface area contributed by atoms with E-state index in [2.05, 4.69) is 5.32 Å². The van der Waals surface area contributed by atoms with Gasteiger partial charge >= 0.3 is 12.0 Å². The van der Waals surface area contributed by atoms with Crippen molar-refractivity contribution in [3.8, 4) is 0 Å². The maximum atomic E-state index is 12.1. The summed E-state index contributed by atoms with van der Waals surface area (Å²) in [6, 6.07) is -1.67. The van der Waals surface area contributed by atoms with E-state index < -0.39 is 30.4 Å². The monoisotopic (exact) mass is 297 g/mol. The maximum absolute atomic E-state index is 12.1. The molecule has 7 nitrogen and oxygen atoms in total. The Morgan fingerprint density at radius 1 is 1.14 bits per heavy atom. The summed E-state index contributed by atoms with van der Waals surface area (Å²) < 4.78 is 0. The van der Waals surface area contributed by atoms with E-state index in [1.807, 2.05) is 0 Å².